The molecule has 0 fully saturated rings. The lowest BCUT2D eigenvalue weighted by atomic mass is 10.0. The van der Waals surface area contributed by atoms with Gasteiger partial charge in [0.1, 0.15) is 21.8 Å². The van der Waals surface area contributed by atoms with Gasteiger partial charge in [0.2, 0.25) is 0 Å². The zero-order valence-electron chi connectivity index (χ0n) is 31.2. The summed E-state index contributed by atoms with van der Waals surface area (Å²) in [5.41, 5.74) is 1.64. The number of carbonyl (C=O) groups excluding carboxylic acids is 2. The van der Waals surface area contributed by atoms with Crippen molar-refractivity contribution in [1.82, 2.24) is 4.98 Å². The van der Waals surface area contributed by atoms with Crippen LogP contribution in [0.2, 0.25) is 0 Å². The third-order valence-corrected chi connectivity index (χ3v) is 11.8. The Morgan fingerprint density at radius 2 is 1.50 bits per heavy atom. The van der Waals surface area contributed by atoms with Gasteiger partial charge in [-0.05, 0) is 107 Å². The van der Waals surface area contributed by atoms with Crippen molar-refractivity contribution in [3.05, 3.63) is 118 Å². The molecule has 2 heterocycles. The first-order valence-electron chi connectivity index (χ1n) is 17.9. The highest BCUT2D eigenvalue weighted by atomic mass is 32.2. The van der Waals surface area contributed by atoms with E-state index in [1.807, 2.05) is 45.0 Å². The highest BCUT2D eigenvalue weighted by Crippen LogP contribution is 2.37. The standard InChI is InChI=1S/C42H43N3O7S2/c1-7-27-14-19-29(20-15-27)45(54(49,50)31-22-16-28(17-23-31)18-25-36(46)52-42(4,5)6)40(47)37-32-24-21-30(44(8-2)9-3)26-34(32)51-41(48)38(37)39-43-33-12-10-11-13-35(33)53-39/h10-17,19-24,26H,7-9,18,25H2,1-6H3. The lowest BCUT2D eigenvalue weighted by Gasteiger charge is -2.25. The molecule has 54 heavy (non-hydrogen) atoms. The van der Waals surface area contributed by atoms with Gasteiger partial charge in [-0.1, -0.05) is 43.3 Å². The molecule has 12 heteroatoms. The molecule has 0 radical (unpaired) electrons. The van der Waals surface area contributed by atoms with Crippen LogP contribution in [0.5, 0.6) is 0 Å². The summed E-state index contributed by atoms with van der Waals surface area (Å²) < 4.78 is 42.4. The predicted octanol–water partition coefficient (Wildman–Crippen LogP) is 8.79. The van der Waals surface area contributed by atoms with Gasteiger partial charge in [-0.2, -0.15) is 4.31 Å². The summed E-state index contributed by atoms with van der Waals surface area (Å²) in [7, 11) is -4.59. The van der Waals surface area contributed by atoms with Gasteiger partial charge in [-0.15, -0.1) is 11.3 Å². The average molecular weight is 766 g/mol. The second-order valence-electron chi connectivity index (χ2n) is 13.8. The molecule has 10 nitrogen and oxygen atoms in total. The molecular formula is C42H43N3O7S2. The molecule has 0 N–H and O–H groups in total. The van der Waals surface area contributed by atoms with Gasteiger partial charge >= 0.3 is 11.6 Å². The topological polar surface area (TPSA) is 127 Å². The van der Waals surface area contributed by atoms with E-state index >= 15 is 4.79 Å². The van der Waals surface area contributed by atoms with E-state index in [1.54, 1.807) is 75.4 Å². The summed E-state index contributed by atoms with van der Waals surface area (Å²) in [4.78, 5) is 48.3. The number of fused-ring (bicyclic) bond motifs is 2. The zero-order valence-corrected chi connectivity index (χ0v) is 32.8. The normalized spacial score (nSPS) is 11.9. The Morgan fingerprint density at radius 1 is 0.852 bits per heavy atom. The Kier molecular flexibility index (Phi) is 11.1. The lowest BCUT2D eigenvalue weighted by Crippen LogP contribution is -2.38. The van der Waals surface area contributed by atoms with Crippen molar-refractivity contribution in [2.75, 3.05) is 22.3 Å². The third kappa shape index (κ3) is 7.95. The number of benzene rings is 4. The fourth-order valence-corrected chi connectivity index (χ4v) is 8.68. The molecular weight excluding hydrogens is 723 g/mol. The first-order chi connectivity index (χ1) is 25.7. The molecule has 0 saturated heterocycles. The van der Waals surface area contributed by atoms with Crippen molar-refractivity contribution >= 4 is 65.8 Å². The number of nitrogens with zero attached hydrogens (tertiary/aromatic N) is 3. The number of sulfonamides is 1. The van der Waals surface area contributed by atoms with Crippen molar-refractivity contribution in [2.24, 2.45) is 0 Å². The minimum Gasteiger partial charge on any atom is -0.460 e. The van der Waals surface area contributed by atoms with E-state index in [1.165, 1.54) is 23.5 Å². The Labute approximate surface area is 319 Å². The summed E-state index contributed by atoms with van der Waals surface area (Å²) in [6.07, 6.45) is 1.15. The number of aromatic nitrogens is 1. The van der Waals surface area contributed by atoms with E-state index in [9.17, 15) is 18.0 Å². The third-order valence-electron chi connectivity index (χ3n) is 9.00. The maximum absolute atomic E-state index is 15.3. The number of anilines is 2. The van der Waals surface area contributed by atoms with Crippen LogP contribution in [0.3, 0.4) is 0 Å². The average Bonchev–Trinajstić information content (AvgIpc) is 3.57. The number of hydrogen-bond acceptors (Lipinski definition) is 10. The summed E-state index contributed by atoms with van der Waals surface area (Å²) in [5.74, 6) is -1.30. The predicted molar refractivity (Wildman–Crippen MR) is 215 cm³/mol. The number of hydrogen-bond donors (Lipinski definition) is 0. The molecule has 0 bridgehead atoms. The van der Waals surface area contributed by atoms with Crippen LogP contribution < -0.4 is 14.8 Å². The second kappa shape index (κ2) is 15.6. The molecule has 4 aromatic carbocycles. The van der Waals surface area contributed by atoms with Crippen molar-refractivity contribution in [3.8, 4) is 10.6 Å². The number of thiazole rings is 1. The molecule has 6 aromatic rings. The fraction of sp³-hybridized carbons (Fsp3) is 0.286. The van der Waals surface area contributed by atoms with Crippen LogP contribution in [0.25, 0.3) is 31.8 Å². The summed E-state index contributed by atoms with van der Waals surface area (Å²) >= 11 is 1.21. The summed E-state index contributed by atoms with van der Waals surface area (Å²) in [5, 5.41) is 0.503. The van der Waals surface area contributed by atoms with Crippen molar-refractivity contribution < 1.29 is 27.2 Å². The van der Waals surface area contributed by atoms with Crippen LogP contribution in [0.15, 0.2) is 105 Å². The highest BCUT2D eigenvalue weighted by Gasteiger charge is 2.36. The number of aryl methyl sites for hydroxylation is 2. The number of ether oxygens (including phenoxy) is 1. The number of rotatable bonds is 12. The number of esters is 1. The second-order valence-corrected chi connectivity index (χ2v) is 16.6. The van der Waals surface area contributed by atoms with E-state index in [0.717, 1.165) is 25.8 Å². The maximum Gasteiger partial charge on any atom is 0.347 e. The number of para-hydroxylation sites is 1. The summed E-state index contributed by atoms with van der Waals surface area (Å²) in [6, 6.07) is 25.4. The van der Waals surface area contributed by atoms with Crippen LogP contribution in [-0.4, -0.2) is 44.0 Å². The lowest BCUT2D eigenvalue weighted by molar-refractivity contribution is -0.154. The SMILES string of the molecule is CCc1ccc(N(C(=O)c2c(-c3nc4ccccc4s3)c(=O)oc3cc(N(CC)CC)ccc23)S(=O)(=O)c2ccc(CCC(=O)OC(C)(C)C)cc2)cc1. The van der Waals surface area contributed by atoms with Crippen molar-refractivity contribution in [3.63, 3.8) is 0 Å². The zero-order chi connectivity index (χ0) is 38.8. The molecule has 0 saturated carbocycles. The smallest absolute Gasteiger partial charge is 0.347 e. The Morgan fingerprint density at radius 3 is 2.13 bits per heavy atom. The number of amides is 1. The van der Waals surface area contributed by atoms with E-state index in [0.29, 0.717) is 31.4 Å². The molecule has 1 amide bonds. The molecule has 0 aliphatic rings. The minimum absolute atomic E-state index is 0.0996. The van der Waals surface area contributed by atoms with Crippen LogP contribution in [0.4, 0.5) is 11.4 Å². The van der Waals surface area contributed by atoms with Gasteiger partial charge in [0.05, 0.1) is 26.4 Å². The molecule has 0 aliphatic carbocycles. The Hall–Kier alpha value is -5.33. The van der Waals surface area contributed by atoms with Gasteiger partial charge in [0.25, 0.3) is 15.9 Å². The largest absolute Gasteiger partial charge is 0.460 e. The molecule has 2 aromatic heterocycles. The highest BCUT2D eigenvalue weighted by molar-refractivity contribution is 7.93. The molecule has 0 unspecified atom stereocenters. The van der Waals surface area contributed by atoms with Crippen LogP contribution in [0.1, 0.15) is 69.4 Å². The molecule has 0 aliphatic heterocycles. The Bertz CT molecular complexity index is 2460. The number of carbonyl (C=O) groups is 2. The van der Waals surface area contributed by atoms with E-state index in [4.69, 9.17) is 14.1 Å². The maximum atomic E-state index is 15.3. The van der Waals surface area contributed by atoms with E-state index in [-0.39, 0.29) is 50.1 Å². The Balaban J connectivity index is 1.52. The first kappa shape index (κ1) is 38.4. The fourth-order valence-electron chi connectivity index (χ4n) is 6.28. The quantitative estimate of drug-likeness (QED) is 0.0888. The van der Waals surface area contributed by atoms with E-state index < -0.39 is 27.2 Å². The van der Waals surface area contributed by atoms with Crippen LogP contribution >= 0.6 is 11.3 Å². The van der Waals surface area contributed by atoms with E-state index in [2.05, 4.69) is 4.90 Å². The van der Waals surface area contributed by atoms with Crippen molar-refractivity contribution in [1.29, 1.82) is 0 Å². The van der Waals surface area contributed by atoms with Crippen LogP contribution in [0, 0.1) is 0 Å². The molecule has 280 valence electrons. The monoisotopic (exact) mass is 765 g/mol. The molecule has 0 atom stereocenters. The van der Waals surface area contributed by atoms with Gasteiger partial charge in [-0.25, -0.2) is 18.2 Å². The minimum atomic E-state index is -4.59. The van der Waals surface area contributed by atoms with Gasteiger partial charge in [0, 0.05) is 36.7 Å². The van der Waals surface area contributed by atoms with Gasteiger partial charge < -0.3 is 14.1 Å². The van der Waals surface area contributed by atoms with Gasteiger partial charge in [-0.3, -0.25) is 9.59 Å². The molecule has 6 rings (SSSR count). The van der Waals surface area contributed by atoms with Crippen LogP contribution in [-0.2, 0) is 32.4 Å². The first-order valence-corrected chi connectivity index (χ1v) is 20.2. The van der Waals surface area contributed by atoms with Crippen molar-refractivity contribution in [2.45, 2.75) is 71.3 Å². The molecule has 0 spiro atoms. The van der Waals surface area contributed by atoms with Gasteiger partial charge in [0.15, 0.2) is 0 Å². The summed E-state index contributed by atoms with van der Waals surface area (Å²) in [6.45, 7) is 12.8.